The molecule has 0 aliphatic carbocycles. The molecular weight excluding hydrogens is 296 g/mol. The first kappa shape index (κ1) is 12.7. The Morgan fingerprint density at radius 1 is 1.24 bits per heavy atom. The molecule has 1 aromatic heterocycles. The molecule has 0 atom stereocenters. The highest BCUT2D eigenvalue weighted by atomic mass is 79.9. The Bertz CT molecular complexity index is 468. The maximum Gasteiger partial charge on any atom is 0.119 e. The van der Waals surface area contributed by atoms with Crippen LogP contribution in [0.5, 0.6) is 5.75 Å². The van der Waals surface area contributed by atoms with Crippen LogP contribution in [0.3, 0.4) is 0 Å². The van der Waals surface area contributed by atoms with Crippen molar-refractivity contribution in [2.24, 2.45) is 0 Å². The molecule has 0 unspecified atom stereocenters. The summed E-state index contributed by atoms with van der Waals surface area (Å²) in [6, 6.07) is 8.37. The smallest absolute Gasteiger partial charge is 0.119 e. The lowest BCUT2D eigenvalue weighted by Crippen LogP contribution is -2.00. The summed E-state index contributed by atoms with van der Waals surface area (Å²) in [6.45, 7) is 4.91. The highest BCUT2D eigenvalue weighted by Crippen LogP contribution is 2.26. The van der Waals surface area contributed by atoms with Crippen molar-refractivity contribution in [3.63, 3.8) is 0 Å². The van der Waals surface area contributed by atoms with Gasteiger partial charge in [-0.3, -0.25) is 0 Å². The second-order valence-electron chi connectivity index (χ2n) is 4.05. The van der Waals surface area contributed by atoms with Crippen LogP contribution >= 0.6 is 27.3 Å². The van der Waals surface area contributed by atoms with E-state index < -0.39 is 0 Å². The molecule has 0 spiro atoms. The van der Waals surface area contributed by atoms with Gasteiger partial charge in [-0.2, -0.15) is 0 Å². The van der Waals surface area contributed by atoms with Crippen molar-refractivity contribution in [2.75, 3.05) is 6.61 Å². The van der Waals surface area contributed by atoms with E-state index in [1.54, 1.807) is 11.3 Å². The zero-order valence-electron chi connectivity index (χ0n) is 10.00. The van der Waals surface area contributed by atoms with Crippen LogP contribution in [0.25, 0.3) is 0 Å². The maximum atomic E-state index is 5.78. The van der Waals surface area contributed by atoms with Crippen molar-refractivity contribution in [3.05, 3.63) is 50.1 Å². The molecule has 0 aliphatic rings. The molecule has 2 rings (SSSR count). The molecule has 1 heterocycles. The van der Waals surface area contributed by atoms with E-state index in [2.05, 4.69) is 59.4 Å². The molecular formula is C14H15BrOS. The molecule has 1 aromatic carbocycles. The van der Waals surface area contributed by atoms with Crippen LogP contribution in [-0.2, 0) is 6.42 Å². The van der Waals surface area contributed by atoms with Gasteiger partial charge in [0.05, 0.1) is 6.61 Å². The van der Waals surface area contributed by atoms with Crippen LogP contribution < -0.4 is 4.74 Å². The van der Waals surface area contributed by atoms with Crippen LogP contribution in [0.2, 0.25) is 0 Å². The van der Waals surface area contributed by atoms with Crippen LogP contribution in [0.1, 0.15) is 16.0 Å². The van der Waals surface area contributed by atoms with Crippen molar-refractivity contribution in [1.29, 1.82) is 0 Å². The van der Waals surface area contributed by atoms with E-state index in [0.29, 0.717) is 0 Å². The summed E-state index contributed by atoms with van der Waals surface area (Å²) < 4.78 is 6.95. The Hall–Kier alpha value is -0.800. The standard InChI is InChI=1S/C14H15BrOS/c1-10-8-12(9-11(2)14(10)15)16-6-5-13-4-3-7-17-13/h3-4,7-9H,5-6H2,1-2H3. The molecule has 1 nitrogen and oxygen atoms in total. The Labute approximate surface area is 115 Å². The third-order valence-electron chi connectivity index (χ3n) is 2.61. The highest BCUT2D eigenvalue weighted by Gasteiger charge is 2.03. The molecule has 3 heteroatoms. The SMILES string of the molecule is Cc1cc(OCCc2cccs2)cc(C)c1Br. The van der Waals surface area contributed by atoms with Gasteiger partial charge in [-0.25, -0.2) is 0 Å². The summed E-state index contributed by atoms with van der Waals surface area (Å²) in [5, 5.41) is 2.10. The molecule has 0 saturated carbocycles. The van der Waals surface area contributed by atoms with E-state index in [1.165, 1.54) is 20.5 Å². The second-order valence-corrected chi connectivity index (χ2v) is 5.87. The van der Waals surface area contributed by atoms with Crippen LogP contribution in [0.4, 0.5) is 0 Å². The Morgan fingerprint density at radius 3 is 2.53 bits per heavy atom. The molecule has 0 N–H and O–H groups in total. The number of aryl methyl sites for hydroxylation is 2. The number of rotatable bonds is 4. The van der Waals surface area contributed by atoms with E-state index >= 15 is 0 Å². The van der Waals surface area contributed by atoms with Gasteiger partial charge in [0.2, 0.25) is 0 Å². The quantitative estimate of drug-likeness (QED) is 0.792. The first-order valence-electron chi connectivity index (χ1n) is 5.59. The van der Waals surface area contributed by atoms with Gasteiger partial charge in [0.25, 0.3) is 0 Å². The van der Waals surface area contributed by atoms with Crippen LogP contribution in [0.15, 0.2) is 34.1 Å². The number of thiophene rings is 1. The maximum absolute atomic E-state index is 5.78. The molecule has 90 valence electrons. The summed E-state index contributed by atoms with van der Waals surface area (Å²) in [5.41, 5.74) is 2.44. The van der Waals surface area contributed by atoms with Crippen LogP contribution in [-0.4, -0.2) is 6.61 Å². The van der Waals surface area contributed by atoms with E-state index in [9.17, 15) is 0 Å². The Kier molecular flexibility index (Phi) is 4.24. The summed E-state index contributed by atoms with van der Waals surface area (Å²) in [4.78, 5) is 1.37. The van der Waals surface area contributed by atoms with Gasteiger partial charge in [0.15, 0.2) is 0 Å². The summed E-state index contributed by atoms with van der Waals surface area (Å²) in [5.74, 6) is 0.958. The van der Waals surface area contributed by atoms with Gasteiger partial charge < -0.3 is 4.74 Å². The fourth-order valence-corrected chi connectivity index (χ4v) is 2.63. The molecule has 2 aromatic rings. The third-order valence-corrected chi connectivity index (χ3v) is 4.79. The first-order valence-corrected chi connectivity index (χ1v) is 7.26. The number of ether oxygens (including phenoxy) is 1. The average Bonchev–Trinajstić information content (AvgIpc) is 2.79. The Morgan fingerprint density at radius 2 is 1.94 bits per heavy atom. The largest absolute Gasteiger partial charge is 0.493 e. The number of hydrogen-bond acceptors (Lipinski definition) is 2. The minimum Gasteiger partial charge on any atom is -0.493 e. The van der Waals surface area contributed by atoms with Crippen molar-refractivity contribution in [1.82, 2.24) is 0 Å². The minimum absolute atomic E-state index is 0.737. The summed E-state index contributed by atoms with van der Waals surface area (Å²) >= 11 is 5.34. The van der Waals surface area contributed by atoms with Gasteiger partial charge in [0, 0.05) is 15.8 Å². The topological polar surface area (TPSA) is 9.23 Å². The average molecular weight is 311 g/mol. The molecule has 0 fully saturated rings. The third kappa shape index (κ3) is 3.33. The zero-order chi connectivity index (χ0) is 12.3. The first-order chi connectivity index (χ1) is 8.16. The summed E-state index contributed by atoms with van der Waals surface area (Å²) in [7, 11) is 0. The van der Waals surface area contributed by atoms with Crippen molar-refractivity contribution in [3.8, 4) is 5.75 Å². The molecule has 0 bridgehead atoms. The lowest BCUT2D eigenvalue weighted by Gasteiger charge is -2.09. The second kappa shape index (κ2) is 5.69. The Balaban J connectivity index is 1.95. The predicted molar refractivity (Wildman–Crippen MR) is 77.1 cm³/mol. The van der Waals surface area contributed by atoms with Crippen LogP contribution in [0, 0.1) is 13.8 Å². The minimum atomic E-state index is 0.737. The number of halogens is 1. The van der Waals surface area contributed by atoms with Crippen molar-refractivity contribution >= 4 is 27.3 Å². The van der Waals surface area contributed by atoms with Gasteiger partial charge in [0.1, 0.15) is 5.75 Å². The van der Waals surface area contributed by atoms with Gasteiger partial charge in [-0.1, -0.05) is 22.0 Å². The van der Waals surface area contributed by atoms with E-state index in [4.69, 9.17) is 4.74 Å². The lowest BCUT2D eigenvalue weighted by molar-refractivity contribution is 0.322. The fraction of sp³-hybridized carbons (Fsp3) is 0.286. The summed E-state index contributed by atoms with van der Waals surface area (Å²) in [6.07, 6.45) is 0.978. The van der Waals surface area contributed by atoms with Gasteiger partial charge in [-0.15, -0.1) is 11.3 Å². The predicted octanol–water partition coefficient (Wildman–Crippen LogP) is 4.75. The molecule has 0 radical (unpaired) electrons. The highest BCUT2D eigenvalue weighted by molar-refractivity contribution is 9.10. The van der Waals surface area contributed by atoms with Gasteiger partial charge >= 0.3 is 0 Å². The number of benzene rings is 1. The molecule has 0 saturated heterocycles. The van der Waals surface area contributed by atoms with Crippen molar-refractivity contribution < 1.29 is 4.74 Å². The molecule has 0 aliphatic heterocycles. The van der Waals surface area contributed by atoms with E-state index in [0.717, 1.165) is 18.8 Å². The molecule has 0 amide bonds. The normalized spacial score (nSPS) is 10.5. The fourth-order valence-electron chi connectivity index (χ4n) is 1.71. The van der Waals surface area contributed by atoms with E-state index in [-0.39, 0.29) is 0 Å². The lowest BCUT2D eigenvalue weighted by atomic mass is 10.1. The van der Waals surface area contributed by atoms with Gasteiger partial charge in [-0.05, 0) is 48.6 Å². The monoisotopic (exact) mass is 310 g/mol. The number of hydrogen-bond donors (Lipinski definition) is 0. The zero-order valence-corrected chi connectivity index (χ0v) is 12.4. The van der Waals surface area contributed by atoms with E-state index in [1.807, 2.05) is 0 Å². The van der Waals surface area contributed by atoms with Crippen molar-refractivity contribution in [2.45, 2.75) is 20.3 Å². The molecule has 17 heavy (non-hydrogen) atoms.